The van der Waals surface area contributed by atoms with Crippen molar-refractivity contribution in [2.75, 3.05) is 0 Å². The first kappa shape index (κ1) is 16.1. The number of aromatic nitrogens is 2. The van der Waals surface area contributed by atoms with Crippen LogP contribution in [0.15, 0.2) is 52.2 Å². The van der Waals surface area contributed by atoms with E-state index in [1.807, 2.05) is 18.2 Å². The number of pyridine rings is 2. The number of halogens is 1. The van der Waals surface area contributed by atoms with E-state index < -0.39 is 0 Å². The number of nitrogens with one attached hydrogen (secondary N) is 2. The summed E-state index contributed by atoms with van der Waals surface area (Å²) in [5, 5.41) is 0.0830. The molecule has 0 amide bonds. The summed E-state index contributed by atoms with van der Waals surface area (Å²) in [5.41, 5.74) is 0.975. The van der Waals surface area contributed by atoms with Gasteiger partial charge in [0.2, 0.25) is 11.3 Å². The molecule has 24 heavy (non-hydrogen) atoms. The van der Waals surface area contributed by atoms with E-state index in [1.165, 1.54) is 12.3 Å². The number of H-pyrrole nitrogens is 2. The molecule has 2 N–H and O–H groups in total. The molecule has 122 valence electrons. The monoisotopic (exact) mass is 342 g/mol. The van der Waals surface area contributed by atoms with Gasteiger partial charge in [0.15, 0.2) is 5.43 Å². The quantitative estimate of drug-likeness (QED) is 0.760. The molecule has 3 rings (SSSR count). The number of ether oxygens (including phenoxy) is 1. The molecule has 5 nitrogen and oxygen atoms in total. The number of rotatable bonds is 3. The highest BCUT2D eigenvalue weighted by atomic mass is 35.5. The number of hydrogen-bond acceptors (Lipinski definition) is 3. The Labute approximate surface area is 142 Å². The van der Waals surface area contributed by atoms with Crippen LogP contribution >= 0.6 is 11.6 Å². The molecule has 0 fully saturated rings. The second-order valence-corrected chi connectivity index (χ2v) is 5.76. The van der Waals surface area contributed by atoms with Gasteiger partial charge in [-0.3, -0.25) is 9.59 Å². The van der Waals surface area contributed by atoms with Gasteiger partial charge < -0.3 is 14.7 Å². The lowest BCUT2D eigenvalue weighted by atomic mass is 10.0. The van der Waals surface area contributed by atoms with E-state index in [-0.39, 0.29) is 27.0 Å². The molecule has 2 heterocycles. The van der Waals surface area contributed by atoms with Crippen LogP contribution in [0.3, 0.4) is 0 Å². The van der Waals surface area contributed by atoms with E-state index in [0.29, 0.717) is 23.0 Å². The second kappa shape index (κ2) is 6.37. The molecular formula is C18H15ClN2O3. The molecule has 0 aliphatic heterocycles. The molecule has 0 aliphatic carbocycles. The number of benzene rings is 1. The van der Waals surface area contributed by atoms with E-state index in [9.17, 15) is 9.59 Å². The number of hydrogen-bond donors (Lipinski definition) is 2. The third-order valence-electron chi connectivity index (χ3n) is 3.63. The highest BCUT2D eigenvalue weighted by Gasteiger charge is 2.16. The van der Waals surface area contributed by atoms with Crippen LogP contribution < -0.4 is 15.6 Å². The largest absolute Gasteiger partial charge is 0.441 e. The maximum Gasteiger partial charge on any atom is 0.208 e. The Morgan fingerprint density at radius 1 is 1.04 bits per heavy atom. The van der Waals surface area contributed by atoms with Crippen LogP contribution in [0, 0.1) is 13.8 Å². The fourth-order valence-corrected chi connectivity index (χ4v) is 2.64. The molecule has 2 aromatic heterocycles. The summed E-state index contributed by atoms with van der Waals surface area (Å²) in [4.78, 5) is 30.7. The Morgan fingerprint density at radius 3 is 2.42 bits per heavy atom. The average Bonchev–Trinajstić information content (AvgIpc) is 2.56. The van der Waals surface area contributed by atoms with Crippen molar-refractivity contribution in [3.8, 4) is 22.8 Å². The lowest BCUT2D eigenvalue weighted by molar-refractivity contribution is 0.462. The van der Waals surface area contributed by atoms with Crippen molar-refractivity contribution in [2.45, 2.75) is 13.8 Å². The van der Waals surface area contributed by atoms with Gasteiger partial charge in [-0.2, -0.15) is 0 Å². The summed E-state index contributed by atoms with van der Waals surface area (Å²) in [7, 11) is 0. The number of para-hydroxylation sites is 1. The zero-order chi connectivity index (χ0) is 17.3. The molecule has 0 aliphatic rings. The molecule has 3 aromatic rings. The van der Waals surface area contributed by atoms with E-state index in [4.69, 9.17) is 16.3 Å². The third kappa shape index (κ3) is 2.98. The van der Waals surface area contributed by atoms with Crippen LogP contribution in [0.2, 0.25) is 5.02 Å². The Kier molecular flexibility index (Phi) is 4.27. The van der Waals surface area contributed by atoms with Gasteiger partial charge in [0.1, 0.15) is 10.8 Å². The van der Waals surface area contributed by atoms with Crippen molar-refractivity contribution in [2.24, 2.45) is 0 Å². The molecule has 1 aromatic carbocycles. The molecule has 0 saturated carbocycles. The van der Waals surface area contributed by atoms with E-state index in [2.05, 4.69) is 9.97 Å². The molecule has 0 bridgehead atoms. The Morgan fingerprint density at radius 2 is 1.75 bits per heavy atom. The zero-order valence-electron chi connectivity index (χ0n) is 13.1. The lowest BCUT2D eigenvalue weighted by Crippen LogP contribution is -2.16. The van der Waals surface area contributed by atoms with Crippen LogP contribution in [0.25, 0.3) is 11.1 Å². The maximum absolute atomic E-state index is 12.4. The summed E-state index contributed by atoms with van der Waals surface area (Å²) >= 11 is 6.01. The van der Waals surface area contributed by atoms with Gasteiger partial charge in [-0.25, -0.2) is 0 Å². The van der Waals surface area contributed by atoms with Crippen molar-refractivity contribution in [1.29, 1.82) is 0 Å². The fourth-order valence-electron chi connectivity index (χ4n) is 2.50. The third-order valence-corrected chi connectivity index (χ3v) is 4.09. The minimum absolute atomic E-state index is 0.0830. The molecule has 0 spiro atoms. The topological polar surface area (TPSA) is 75.0 Å². The summed E-state index contributed by atoms with van der Waals surface area (Å²) in [6, 6.07) is 10.4. The minimum Gasteiger partial charge on any atom is -0.441 e. The Bertz CT molecular complexity index is 1010. The maximum atomic E-state index is 12.4. The van der Waals surface area contributed by atoms with Crippen LogP contribution in [-0.2, 0) is 0 Å². The molecular weight excluding hydrogens is 328 g/mol. The fraction of sp³-hybridized carbons (Fsp3) is 0.111. The van der Waals surface area contributed by atoms with Crippen LogP contribution in [-0.4, -0.2) is 9.97 Å². The second-order valence-electron chi connectivity index (χ2n) is 5.38. The van der Waals surface area contributed by atoms with Gasteiger partial charge in [-0.05, 0) is 26.0 Å². The van der Waals surface area contributed by atoms with E-state index in [1.54, 1.807) is 26.0 Å². The predicted octanol–water partition coefficient (Wildman–Crippen LogP) is 3.79. The summed E-state index contributed by atoms with van der Waals surface area (Å²) < 4.78 is 5.59. The van der Waals surface area contributed by atoms with Gasteiger partial charge in [0, 0.05) is 23.7 Å². The standard InChI is InChI=1S/C18H15ClN2O3/c1-10-16(18(23)17(19)11(2)21-10)13-9-20-15(8-14(13)22)24-12-6-4-3-5-7-12/h3-9H,1-2H3,(H,20,22)(H,21,23). The lowest BCUT2D eigenvalue weighted by Gasteiger charge is -2.09. The first-order valence-corrected chi connectivity index (χ1v) is 7.70. The van der Waals surface area contributed by atoms with Gasteiger partial charge in [-0.15, -0.1) is 0 Å². The van der Waals surface area contributed by atoms with Crippen molar-refractivity contribution in [3.63, 3.8) is 0 Å². The number of aromatic amines is 2. The molecule has 0 radical (unpaired) electrons. The Hall–Kier alpha value is -2.79. The smallest absolute Gasteiger partial charge is 0.208 e. The van der Waals surface area contributed by atoms with Crippen LogP contribution in [0.5, 0.6) is 11.6 Å². The minimum atomic E-state index is -0.368. The van der Waals surface area contributed by atoms with Crippen molar-refractivity contribution in [3.05, 3.63) is 79.5 Å². The highest BCUT2D eigenvalue weighted by molar-refractivity contribution is 6.31. The zero-order valence-corrected chi connectivity index (χ0v) is 13.9. The van der Waals surface area contributed by atoms with Gasteiger partial charge in [0.25, 0.3) is 0 Å². The first-order valence-electron chi connectivity index (χ1n) is 7.32. The van der Waals surface area contributed by atoms with E-state index >= 15 is 0 Å². The van der Waals surface area contributed by atoms with Crippen molar-refractivity contribution < 1.29 is 4.74 Å². The van der Waals surface area contributed by atoms with Gasteiger partial charge in [0.05, 0.1) is 11.1 Å². The molecule has 0 saturated heterocycles. The number of aryl methyl sites for hydroxylation is 2. The molecule has 0 unspecified atom stereocenters. The van der Waals surface area contributed by atoms with Gasteiger partial charge in [-0.1, -0.05) is 29.8 Å². The molecule has 0 atom stereocenters. The first-order chi connectivity index (χ1) is 11.5. The van der Waals surface area contributed by atoms with Crippen LogP contribution in [0.4, 0.5) is 0 Å². The van der Waals surface area contributed by atoms with E-state index in [0.717, 1.165) is 0 Å². The normalized spacial score (nSPS) is 10.6. The summed E-state index contributed by atoms with van der Waals surface area (Å²) in [5.74, 6) is 0.899. The van der Waals surface area contributed by atoms with Crippen molar-refractivity contribution >= 4 is 11.6 Å². The van der Waals surface area contributed by atoms with Crippen molar-refractivity contribution in [1.82, 2.24) is 9.97 Å². The summed E-state index contributed by atoms with van der Waals surface area (Å²) in [6.07, 6.45) is 1.46. The summed E-state index contributed by atoms with van der Waals surface area (Å²) in [6.45, 7) is 3.44. The molecule has 6 heteroatoms. The average molecular weight is 343 g/mol. The predicted molar refractivity (Wildman–Crippen MR) is 94.1 cm³/mol. The van der Waals surface area contributed by atoms with Gasteiger partial charge >= 0.3 is 0 Å². The SMILES string of the molecule is Cc1[nH]c(C)c(-c2c[nH]c(Oc3ccccc3)cc2=O)c(=O)c1Cl. The Balaban J connectivity index is 2.05. The van der Waals surface area contributed by atoms with Crippen LogP contribution in [0.1, 0.15) is 11.4 Å². The highest BCUT2D eigenvalue weighted by Crippen LogP contribution is 2.22.